The smallest absolute Gasteiger partial charge is 0.229 e. The van der Waals surface area contributed by atoms with Crippen molar-refractivity contribution >= 4 is 11.7 Å². The minimum atomic E-state index is -0.0379. The summed E-state index contributed by atoms with van der Waals surface area (Å²) in [6.45, 7) is 8.43. The van der Waals surface area contributed by atoms with Crippen molar-refractivity contribution in [1.82, 2.24) is 9.97 Å². The molecule has 3 aliphatic carbocycles. The number of methoxy groups -OCH3 is 1. The van der Waals surface area contributed by atoms with E-state index in [1.54, 1.807) is 12.7 Å². The Balaban J connectivity index is 0.00000158. The molecule has 0 radical (unpaired) electrons. The number of nitrogens with zero attached hydrogens (tertiary/aromatic N) is 2. The van der Waals surface area contributed by atoms with Crippen molar-refractivity contribution in [2.75, 3.05) is 12.4 Å². The Morgan fingerprint density at radius 3 is 2.67 bits per heavy atom. The molecule has 1 aromatic heterocycles. The first-order valence-electron chi connectivity index (χ1n) is 15.0. The lowest BCUT2D eigenvalue weighted by Gasteiger charge is -2.44. The number of anilines is 1. The summed E-state index contributed by atoms with van der Waals surface area (Å²) in [5, 5.41) is 3.19. The van der Waals surface area contributed by atoms with E-state index in [9.17, 15) is 4.79 Å². The van der Waals surface area contributed by atoms with E-state index in [-0.39, 0.29) is 11.3 Å². The van der Waals surface area contributed by atoms with Gasteiger partial charge in [-0.15, -0.1) is 0 Å². The molecular formula is C35H43N3O2. The number of allylic oxidation sites excluding steroid dienone is 2. The second-order valence-electron chi connectivity index (χ2n) is 11.8. The topological polar surface area (TPSA) is 64.1 Å². The minimum absolute atomic E-state index is 0.0379. The van der Waals surface area contributed by atoms with E-state index < -0.39 is 0 Å². The number of benzene rings is 2. The lowest BCUT2D eigenvalue weighted by molar-refractivity contribution is -0.115. The number of carbonyl (C=O) groups excluding carboxylic acids is 1. The van der Waals surface area contributed by atoms with Crippen LogP contribution in [-0.2, 0) is 30.5 Å². The van der Waals surface area contributed by atoms with E-state index in [1.165, 1.54) is 30.4 Å². The maximum atomic E-state index is 13.2. The zero-order valence-corrected chi connectivity index (χ0v) is 24.8. The second-order valence-corrected chi connectivity index (χ2v) is 11.8. The Morgan fingerprint density at radius 2 is 1.90 bits per heavy atom. The summed E-state index contributed by atoms with van der Waals surface area (Å²) in [6.07, 6.45) is 11.2. The van der Waals surface area contributed by atoms with Crippen molar-refractivity contribution in [3.63, 3.8) is 0 Å². The maximum Gasteiger partial charge on any atom is 0.229 e. The molecule has 0 spiro atoms. The molecule has 0 saturated heterocycles. The van der Waals surface area contributed by atoms with Gasteiger partial charge in [-0.3, -0.25) is 4.79 Å². The predicted molar refractivity (Wildman–Crippen MR) is 163 cm³/mol. The van der Waals surface area contributed by atoms with E-state index >= 15 is 0 Å². The highest BCUT2D eigenvalue weighted by atomic mass is 16.5. The molecule has 2 aromatic carbocycles. The average molecular weight is 538 g/mol. The molecule has 2 unspecified atom stereocenters. The van der Waals surface area contributed by atoms with E-state index in [2.05, 4.69) is 49.5 Å². The van der Waals surface area contributed by atoms with Crippen LogP contribution in [0.25, 0.3) is 11.3 Å². The van der Waals surface area contributed by atoms with Crippen molar-refractivity contribution in [3.05, 3.63) is 82.2 Å². The van der Waals surface area contributed by atoms with Gasteiger partial charge in [-0.2, -0.15) is 0 Å². The molecule has 40 heavy (non-hydrogen) atoms. The lowest BCUT2D eigenvalue weighted by atomic mass is 9.61. The lowest BCUT2D eigenvalue weighted by Crippen LogP contribution is -2.34. The van der Waals surface area contributed by atoms with E-state index in [4.69, 9.17) is 14.7 Å². The van der Waals surface area contributed by atoms with Gasteiger partial charge in [0, 0.05) is 5.56 Å². The molecule has 3 aromatic rings. The Labute approximate surface area is 239 Å². The Hall–Kier alpha value is -3.47. The summed E-state index contributed by atoms with van der Waals surface area (Å²) in [5.74, 6) is 2.16. The number of hydrogen-bond donors (Lipinski definition) is 1. The molecule has 2 atom stereocenters. The van der Waals surface area contributed by atoms with E-state index in [0.717, 1.165) is 66.1 Å². The third-order valence-electron chi connectivity index (χ3n) is 8.63. The third-order valence-corrected chi connectivity index (χ3v) is 8.63. The fourth-order valence-electron chi connectivity index (χ4n) is 6.97. The second kappa shape index (κ2) is 12.0. The number of aromatic nitrogens is 2. The summed E-state index contributed by atoms with van der Waals surface area (Å²) in [7, 11) is 1.71. The van der Waals surface area contributed by atoms with Gasteiger partial charge in [0.25, 0.3) is 0 Å². The number of ether oxygens (including phenoxy) is 1. The van der Waals surface area contributed by atoms with Crippen LogP contribution in [0.4, 0.5) is 5.82 Å². The maximum absolute atomic E-state index is 13.2. The van der Waals surface area contributed by atoms with Crippen molar-refractivity contribution in [2.24, 2.45) is 11.3 Å². The Kier molecular flexibility index (Phi) is 8.39. The van der Waals surface area contributed by atoms with Crippen molar-refractivity contribution in [1.29, 1.82) is 0 Å². The third kappa shape index (κ3) is 5.99. The van der Waals surface area contributed by atoms with Crippen LogP contribution in [0.5, 0.6) is 5.75 Å². The highest BCUT2D eigenvalue weighted by Crippen LogP contribution is 2.51. The number of carbonyl (C=O) groups is 1. The molecule has 1 saturated carbocycles. The normalized spacial score (nSPS) is 20.7. The molecule has 2 bridgehead atoms. The molecule has 1 N–H and O–H groups in total. The molecule has 5 nitrogen and oxygen atoms in total. The van der Waals surface area contributed by atoms with Gasteiger partial charge in [0.1, 0.15) is 5.75 Å². The fraction of sp³-hybridized carbons (Fsp3) is 0.457. The van der Waals surface area contributed by atoms with Crippen molar-refractivity contribution in [2.45, 2.75) is 85.5 Å². The van der Waals surface area contributed by atoms with E-state index in [1.807, 2.05) is 32.0 Å². The van der Waals surface area contributed by atoms with Gasteiger partial charge in [-0.05, 0) is 98.9 Å². The summed E-state index contributed by atoms with van der Waals surface area (Å²) in [6, 6.07) is 14.4. The van der Waals surface area contributed by atoms with Gasteiger partial charge < -0.3 is 10.1 Å². The summed E-state index contributed by atoms with van der Waals surface area (Å²) in [4.78, 5) is 23.6. The van der Waals surface area contributed by atoms with Crippen LogP contribution in [-0.4, -0.2) is 23.0 Å². The molecule has 1 fully saturated rings. The number of aryl methyl sites for hydroxylation is 3. The fourth-order valence-corrected chi connectivity index (χ4v) is 6.97. The van der Waals surface area contributed by atoms with Crippen molar-refractivity contribution in [3.8, 4) is 17.0 Å². The van der Waals surface area contributed by atoms with Crippen LogP contribution in [0.2, 0.25) is 0 Å². The molecule has 3 aliphatic rings. The van der Waals surface area contributed by atoms with Gasteiger partial charge in [0.05, 0.1) is 30.6 Å². The van der Waals surface area contributed by atoms with Crippen LogP contribution in [0.15, 0.2) is 54.1 Å². The summed E-state index contributed by atoms with van der Waals surface area (Å²) < 4.78 is 5.48. The van der Waals surface area contributed by atoms with Gasteiger partial charge >= 0.3 is 0 Å². The number of amides is 1. The standard InChI is InChI=1S/C33H37N3O2.C2H6/c1-21-6-8-23(9-7-21)16-30(37)36-32-29(20-33-14-4-5-24(19-33)15-22(2)18-33)34-31-27-12-11-26(38-3)17-25(27)10-13-28(31)35-32;1-2/h5-9,11-12,17,22H,4,10,13-16,18-20H2,1-3H3,(H,35,36,37);1-2H3. The first kappa shape index (κ1) is 28.1. The first-order valence-corrected chi connectivity index (χ1v) is 15.0. The summed E-state index contributed by atoms with van der Waals surface area (Å²) >= 11 is 0. The van der Waals surface area contributed by atoms with Gasteiger partial charge in [-0.25, -0.2) is 9.97 Å². The summed E-state index contributed by atoms with van der Waals surface area (Å²) in [5.41, 5.74) is 9.24. The largest absolute Gasteiger partial charge is 0.497 e. The minimum Gasteiger partial charge on any atom is -0.497 e. The molecular weight excluding hydrogens is 494 g/mol. The zero-order chi connectivity index (χ0) is 28.3. The molecule has 1 amide bonds. The quantitative estimate of drug-likeness (QED) is 0.325. The molecule has 6 rings (SSSR count). The van der Waals surface area contributed by atoms with Crippen LogP contribution in [0.1, 0.15) is 81.0 Å². The van der Waals surface area contributed by atoms with Crippen LogP contribution in [0, 0.1) is 18.3 Å². The predicted octanol–water partition coefficient (Wildman–Crippen LogP) is 7.84. The number of fused-ring (bicyclic) bond motifs is 5. The van der Waals surface area contributed by atoms with Gasteiger partial charge in [0.15, 0.2) is 5.82 Å². The number of rotatable bonds is 6. The number of hydrogen-bond acceptors (Lipinski definition) is 4. The molecule has 210 valence electrons. The van der Waals surface area contributed by atoms with Crippen molar-refractivity contribution < 1.29 is 9.53 Å². The molecule has 0 aliphatic heterocycles. The van der Waals surface area contributed by atoms with Gasteiger partial charge in [-0.1, -0.05) is 62.2 Å². The Bertz CT molecular complexity index is 1410. The van der Waals surface area contributed by atoms with Crippen LogP contribution < -0.4 is 10.1 Å². The zero-order valence-electron chi connectivity index (χ0n) is 24.8. The number of nitrogens with one attached hydrogen (secondary N) is 1. The van der Waals surface area contributed by atoms with Gasteiger partial charge in [0.2, 0.25) is 5.91 Å². The SMILES string of the molecule is CC.COc1ccc2c(c1)CCc1nc(NC(=O)Cc3ccc(C)cc3)c(CC34CCC=C(CC(C)C3)C4)nc1-2. The molecule has 5 heteroatoms. The molecule has 1 heterocycles. The highest BCUT2D eigenvalue weighted by Gasteiger charge is 2.40. The van der Waals surface area contributed by atoms with Crippen LogP contribution >= 0.6 is 0 Å². The van der Waals surface area contributed by atoms with Crippen LogP contribution in [0.3, 0.4) is 0 Å². The Morgan fingerprint density at radius 1 is 1.10 bits per heavy atom. The highest BCUT2D eigenvalue weighted by molar-refractivity contribution is 5.92. The van der Waals surface area contributed by atoms with E-state index in [0.29, 0.717) is 18.2 Å². The monoisotopic (exact) mass is 537 g/mol. The first-order chi connectivity index (χ1) is 19.4. The average Bonchev–Trinajstić information content (AvgIpc) is 2.95.